The highest BCUT2D eigenvalue weighted by atomic mass is 15.4. The Morgan fingerprint density at radius 1 is 0.864 bits per heavy atom. The van der Waals surface area contributed by atoms with E-state index >= 15 is 0 Å². The van der Waals surface area contributed by atoms with E-state index in [1.807, 2.05) is 7.05 Å². The Morgan fingerprint density at radius 2 is 1.55 bits per heavy atom. The number of anilines is 2. The molecule has 0 N–H and O–H groups in total. The van der Waals surface area contributed by atoms with Gasteiger partial charge in [0.25, 0.3) is 0 Å². The fourth-order valence-corrected chi connectivity index (χ4v) is 2.67. The molecule has 22 heavy (non-hydrogen) atoms. The van der Waals surface area contributed by atoms with Crippen molar-refractivity contribution >= 4 is 17.3 Å². The van der Waals surface area contributed by atoms with Gasteiger partial charge in [0.05, 0.1) is 0 Å². The van der Waals surface area contributed by atoms with Gasteiger partial charge >= 0.3 is 0 Å². The molecule has 0 radical (unpaired) electrons. The van der Waals surface area contributed by atoms with Crippen LogP contribution >= 0.6 is 0 Å². The first kappa shape index (κ1) is 16.1. The van der Waals surface area contributed by atoms with E-state index in [0.29, 0.717) is 0 Å². The number of nitrogens with zero attached hydrogens (tertiary/aromatic N) is 3. The van der Waals surface area contributed by atoms with Crippen molar-refractivity contribution in [2.24, 2.45) is 4.99 Å². The molecule has 116 valence electrons. The number of rotatable bonds is 2. The van der Waals surface area contributed by atoms with Gasteiger partial charge in [-0.05, 0) is 55.7 Å². The van der Waals surface area contributed by atoms with Crippen LogP contribution in [-0.2, 0) is 0 Å². The Kier molecular flexibility index (Phi) is 4.86. The third-order valence-corrected chi connectivity index (χ3v) is 3.91. The Morgan fingerprint density at radius 3 is 2.18 bits per heavy atom. The first-order valence-corrected chi connectivity index (χ1v) is 7.52. The van der Waals surface area contributed by atoms with Crippen LogP contribution in [-0.4, -0.2) is 27.1 Å². The fraction of sp³-hybridized carbons (Fsp3) is 0.316. The van der Waals surface area contributed by atoms with Gasteiger partial charge in [-0.1, -0.05) is 24.3 Å². The summed E-state index contributed by atoms with van der Waals surface area (Å²) in [6.45, 7) is 6.35. The van der Waals surface area contributed by atoms with Crippen molar-refractivity contribution in [2.45, 2.75) is 20.8 Å². The molecule has 2 rings (SSSR count). The summed E-state index contributed by atoms with van der Waals surface area (Å²) < 4.78 is 0. The zero-order valence-corrected chi connectivity index (χ0v) is 14.4. The van der Waals surface area contributed by atoms with Gasteiger partial charge in [0.2, 0.25) is 5.96 Å². The number of aliphatic imine (C=N–C) groups is 1. The molecule has 2 aromatic carbocycles. The number of hydrogen-bond donors (Lipinski definition) is 0. The van der Waals surface area contributed by atoms with Crippen LogP contribution in [0.25, 0.3) is 0 Å². The third kappa shape index (κ3) is 3.30. The second-order valence-corrected chi connectivity index (χ2v) is 5.77. The fourth-order valence-electron chi connectivity index (χ4n) is 2.67. The first-order chi connectivity index (χ1) is 10.4. The minimum Gasteiger partial charge on any atom is -0.315 e. The van der Waals surface area contributed by atoms with E-state index in [1.54, 1.807) is 0 Å². The maximum atomic E-state index is 4.51. The van der Waals surface area contributed by atoms with Crippen molar-refractivity contribution in [3.05, 3.63) is 59.2 Å². The lowest BCUT2D eigenvalue weighted by Crippen LogP contribution is -2.40. The zero-order valence-electron chi connectivity index (χ0n) is 14.4. The molecule has 0 saturated carbocycles. The van der Waals surface area contributed by atoms with E-state index in [2.05, 4.69) is 92.1 Å². The molecule has 0 heterocycles. The summed E-state index contributed by atoms with van der Waals surface area (Å²) in [5.41, 5.74) is 6.06. The molecule has 0 amide bonds. The predicted molar refractivity (Wildman–Crippen MR) is 97.3 cm³/mol. The van der Waals surface area contributed by atoms with Crippen LogP contribution in [0, 0.1) is 20.8 Å². The molecule has 0 saturated heterocycles. The lowest BCUT2D eigenvalue weighted by molar-refractivity contribution is 1.11. The zero-order chi connectivity index (χ0) is 16.3. The van der Waals surface area contributed by atoms with Gasteiger partial charge in [0, 0.05) is 32.5 Å². The van der Waals surface area contributed by atoms with Crippen LogP contribution in [0.15, 0.2) is 47.5 Å². The van der Waals surface area contributed by atoms with Crippen molar-refractivity contribution in [1.29, 1.82) is 0 Å². The van der Waals surface area contributed by atoms with Gasteiger partial charge in [-0.15, -0.1) is 0 Å². The Labute approximate surface area is 133 Å². The smallest absolute Gasteiger partial charge is 0.204 e. The number of guanidine groups is 1. The van der Waals surface area contributed by atoms with Crippen LogP contribution in [0.1, 0.15) is 16.7 Å². The van der Waals surface area contributed by atoms with E-state index in [1.165, 1.54) is 22.4 Å². The average Bonchev–Trinajstić information content (AvgIpc) is 2.50. The van der Waals surface area contributed by atoms with E-state index in [0.717, 1.165) is 11.6 Å². The van der Waals surface area contributed by atoms with Crippen molar-refractivity contribution in [2.75, 3.05) is 30.9 Å². The number of hydrogen-bond acceptors (Lipinski definition) is 1. The summed E-state index contributed by atoms with van der Waals surface area (Å²) in [6, 6.07) is 14.9. The lowest BCUT2D eigenvalue weighted by Gasteiger charge is -2.30. The van der Waals surface area contributed by atoms with Crippen LogP contribution in [0.3, 0.4) is 0 Å². The van der Waals surface area contributed by atoms with Gasteiger partial charge in [0.1, 0.15) is 0 Å². The molecule has 0 fully saturated rings. The van der Waals surface area contributed by atoms with Gasteiger partial charge in [0.15, 0.2) is 0 Å². The van der Waals surface area contributed by atoms with Gasteiger partial charge in [-0.2, -0.15) is 0 Å². The second kappa shape index (κ2) is 6.65. The third-order valence-electron chi connectivity index (χ3n) is 3.91. The molecular formula is C19H25N3. The summed E-state index contributed by atoms with van der Waals surface area (Å²) in [7, 11) is 5.96. The van der Waals surface area contributed by atoms with Crippen molar-refractivity contribution in [3.63, 3.8) is 0 Å². The highest BCUT2D eigenvalue weighted by Crippen LogP contribution is 2.23. The molecule has 0 unspecified atom stereocenters. The van der Waals surface area contributed by atoms with E-state index in [9.17, 15) is 0 Å². The molecule has 0 aliphatic carbocycles. The van der Waals surface area contributed by atoms with Crippen molar-refractivity contribution in [3.8, 4) is 0 Å². The largest absolute Gasteiger partial charge is 0.315 e. The van der Waals surface area contributed by atoms with Gasteiger partial charge in [-0.3, -0.25) is 4.99 Å². The molecule has 0 spiro atoms. The normalized spacial score (nSPS) is 11.5. The quantitative estimate of drug-likeness (QED) is 0.611. The molecular weight excluding hydrogens is 270 g/mol. The SMILES string of the molecule is CN=C(N(C)c1cccc(C)c1)N(C)c1cc(C)ccc1C. The van der Waals surface area contributed by atoms with Crippen LogP contribution in [0.5, 0.6) is 0 Å². The maximum Gasteiger partial charge on any atom is 0.204 e. The average molecular weight is 295 g/mol. The molecule has 0 aliphatic rings. The molecule has 2 aromatic rings. The highest BCUT2D eigenvalue weighted by molar-refractivity contribution is 6.06. The van der Waals surface area contributed by atoms with Gasteiger partial charge in [-0.25, -0.2) is 0 Å². The Bertz CT molecular complexity index is 689. The van der Waals surface area contributed by atoms with Gasteiger partial charge < -0.3 is 9.80 Å². The van der Waals surface area contributed by atoms with Crippen molar-refractivity contribution < 1.29 is 0 Å². The molecule has 3 heteroatoms. The minimum atomic E-state index is 0.916. The van der Waals surface area contributed by atoms with Crippen LogP contribution in [0.2, 0.25) is 0 Å². The van der Waals surface area contributed by atoms with E-state index < -0.39 is 0 Å². The van der Waals surface area contributed by atoms with E-state index in [4.69, 9.17) is 0 Å². The summed E-state index contributed by atoms with van der Waals surface area (Å²) in [5.74, 6) is 0.916. The summed E-state index contributed by atoms with van der Waals surface area (Å²) in [5, 5.41) is 0. The molecule has 0 aliphatic heterocycles. The Balaban J connectivity index is 2.37. The molecule has 3 nitrogen and oxygen atoms in total. The van der Waals surface area contributed by atoms with Crippen LogP contribution < -0.4 is 9.80 Å². The molecule has 0 bridgehead atoms. The van der Waals surface area contributed by atoms with E-state index in [-0.39, 0.29) is 0 Å². The number of benzene rings is 2. The number of aryl methyl sites for hydroxylation is 3. The lowest BCUT2D eigenvalue weighted by atomic mass is 10.1. The van der Waals surface area contributed by atoms with Crippen LogP contribution in [0.4, 0.5) is 11.4 Å². The Hall–Kier alpha value is -2.29. The first-order valence-electron chi connectivity index (χ1n) is 7.52. The standard InChI is InChI=1S/C19H25N3/c1-14-8-7-9-17(12-14)21(5)19(20-4)22(6)18-13-15(2)10-11-16(18)3/h7-13H,1-6H3. The monoisotopic (exact) mass is 295 g/mol. The topological polar surface area (TPSA) is 18.8 Å². The summed E-state index contributed by atoms with van der Waals surface area (Å²) in [6.07, 6.45) is 0. The minimum absolute atomic E-state index is 0.916. The highest BCUT2D eigenvalue weighted by Gasteiger charge is 2.16. The maximum absolute atomic E-state index is 4.51. The second-order valence-electron chi connectivity index (χ2n) is 5.77. The molecule has 0 atom stereocenters. The van der Waals surface area contributed by atoms with Crippen molar-refractivity contribution in [1.82, 2.24) is 0 Å². The summed E-state index contributed by atoms with van der Waals surface area (Å²) in [4.78, 5) is 8.77. The predicted octanol–water partition coefficient (Wildman–Crippen LogP) is 4.17. The summed E-state index contributed by atoms with van der Waals surface area (Å²) >= 11 is 0. The molecule has 0 aromatic heterocycles.